The molecular weight excluding hydrogens is 224 g/mol. The van der Waals surface area contributed by atoms with Gasteiger partial charge in [0.2, 0.25) is 0 Å². The highest BCUT2D eigenvalue weighted by Gasteiger charge is 2.18. The van der Waals surface area contributed by atoms with Crippen molar-refractivity contribution < 1.29 is 5.11 Å². The Bertz CT molecular complexity index is 364. The van der Waals surface area contributed by atoms with Gasteiger partial charge in [0.05, 0.1) is 5.02 Å². The number of benzene rings is 1. The lowest BCUT2D eigenvalue weighted by Gasteiger charge is -2.33. The Kier molecular flexibility index (Phi) is 3.56. The monoisotopic (exact) mass is 240 g/mol. The smallest absolute Gasteiger partial charge is 0.136 e. The van der Waals surface area contributed by atoms with Gasteiger partial charge in [-0.05, 0) is 38.1 Å². The first kappa shape index (κ1) is 11.6. The van der Waals surface area contributed by atoms with Crippen molar-refractivity contribution in [2.24, 2.45) is 0 Å². The molecule has 1 aromatic carbocycles. The quantitative estimate of drug-likeness (QED) is 0.832. The number of anilines is 1. The number of hydrogen-bond acceptors (Lipinski definition) is 3. The molecule has 16 heavy (non-hydrogen) atoms. The van der Waals surface area contributed by atoms with E-state index in [2.05, 4.69) is 17.3 Å². The van der Waals surface area contributed by atoms with Crippen LogP contribution in [0.1, 0.15) is 12.8 Å². The van der Waals surface area contributed by atoms with Crippen LogP contribution in [0.5, 0.6) is 5.75 Å². The number of aromatic hydroxyl groups is 1. The maximum absolute atomic E-state index is 9.58. The second-order valence-electron chi connectivity index (χ2n) is 4.23. The van der Waals surface area contributed by atoms with E-state index in [-0.39, 0.29) is 5.75 Å². The molecule has 0 unspecified atom stereocenters. The van der Waals surface area contributed by atoms with Gasteiger partial charge < -0.3 is 15.3 Å². The van der Waals surface area contributed by atoms with Gasteiger partial charge in [-0.3, -0.25) is 0 Å². The molecule has 2 N–H and O–H groups in total. The summed E-state index contributed by atoms with van der Waals surface area (Å²) in [6, 6.07) is 5.96. The largest absolute Gasteiger partial charge is 0.506 e. The second-order valence-corrected chi connectivity index (χ2v) is 4.63. The van der Waals surface area contributed by atoms with Gasteiger partial charge in [-0.1, -0.05) is 11.6 Å². The van der Waals surface area contributed by atoms with Gasteiger partial charge in [-0.2, -0.15) is 0 Å². The normalized spacial score (nSPS) is 17.4. The summed E-state index contributed by atoms with van der Waals surface area (Å²) in [6.07, 6.45) is 2.28. The molecule has 1 saturated heterocycles. The number of hydrogen-bond donors (Lipinski definition) is 2. The molecule has 88 valence electrons. The van der Waals surface area contributed by atoms with Crippen LogP contribution in [0.3, 0.4) is 0 Å². The van der Waals surface area contributed by atoms with Crippen molar-refractivity contribution >= 4 is 17.3 Å². The zero-order valence-electron chi connectivity index (χ0n) is 9.41. The Hall–Kier alpha value is -0.930. The predicted molar refractivity (Wildman–Crippen MR) is 67.4 cm³/mol. The number of piperidine rings is 1. The van der Waals surface area contributed by atoms with E-state index in [0.29, 0.717) is 11.1 Å². The zero-order valence-corrected chi connectivity index (χ0v) is 10.2. The van der Waals surface area contributed by atoms with Crippen LogP contribution in [0, 0.1) is 0 Å². The molecule has 1 fully saturated rings. The van der Waals surface area contributed by atoms with Crippen molar-refractivity contribution in [3.8, 4) is 5.75 Å². The third-order valence-corrected chi connectivity index (χ3v) is 3.51. The minimum atomic E-state index is 0.153. The summed E-state index contributed by atoms with van der Waals surface area (Å²) < 4.78 is 0. The standard InChI is InChI=1S/C12H17ClN2O/c1-15(9-4-6-14-7-5-9)10-2-3-11(13)12(16)8-10/h2-3,8-9,14,16H,4-7H2,1H3. The molecule has 0 bridgehead atoms. The first-order chi connectivity index (χ1) is 7.68. The molecule has 1 aliphatic heterocycles. The molecule has 4 heteroatoms. The van der Waals surface area contributed by atoms with E-state index in [1.54, 1.807) is 12.1 Å². The average molecular weight is 241 g/mol. The van der Waals surface area contributed by atoms with Crippen molar-refractivity contribution in [1.29, 1.82) is 0 Å². The Balaban J connectivity index is 2.12. The van der Waals surface area contributed by atoms with Crippen LogP contribution in [0.15, 0.2) is 18.2 Å². The van der Waals surface area contributed by atoms with Crippen LogP contribution in [-0.2, 0) is 0 Å². The maximum Gasteiger partial charge on any atom is 0.136 e. The first-order valence-electron chi connectivity index (χ1n) is 5.60. The van der Waals surface area contributed by atoms with E-state index in [0.717, 1.165) is 31.6 Å². The Labute approximate surface area is 101 Å². The molecule has 0 amide bonds. The van der Waals surface area contributed by atoms with Crippen LogP contribution in [-0.4, -0.2) is 31.3 Å². The predicted octanol–water partition coefficient (Wildman–Crippen LogP) is 2.23. The minimum absolute atomic E-state index is 0.153. The second kappa shape index (κ2) is 4.93. The van der Waals surface area contributed by atoms with Gasteiger partial charge in [0.1, 0.15) is 5.75 Å². The number of nitrogens with one attached hydrogen (secondary N) is 1. The molecule has 3 nitrogen and oxygen atoms in total. The summed E-state index contributed by atoms with van der Waals surface area (Å²) in [5, 5.41) is 13.3. The molecule has 0 radical (unpaired) electrons. The highest BCUT2D eigenvalue weighted by Crippen LogP contribution is 2.29. The van der Waals surface area contributed by atoms with Crippen molar-refractivity contribution in [3.63, 3.8) is 0 Å². The summed E-state index contributed by atoms with van der Waals surface area (Å²) in [5.41, 5.74) is 1.02. The fourth-order valence-corrected chi connectivity index (χ4v) is 2.24. The molecule has 0 saturated carbocycles. The first-order valence-corrected chi connectivity index (χ1v) is 5.98. The number of phenolic OH excluding ortho intramolecular Hbond substituents is 1. The third kappa shape index (κ3) is 2.42. The Morgan fingerprint density at radius 1 is 1.38 bits per heavy atom. The highest BCUT2D eigenvalue weighted by molar-refractivity contribution is 6.32. The van der Waals surface area contributed by atoms with Crippen molar-refractivity contribution in [2.45, 2.75) is 18.9 Å². The fraction of sp³-hybridized carbons (Fsp3) is 0.500. The van der Waals surface area contributed by atoms with E-state index in [1.165, 1.54) is 0 Å². The molecule has 1 aromatic rings. The lowest BCUT2D eigenvalue weighted by molar-refractivity contribution is 0.442. The van der Waals surface area contributed by atoms with Crippen molar-refractivity contribution in [1.82, 2.24) is 5.32 Å². The van der Waals surface area contributed by atoms with E-state index in [1.807, 2.05) is 6.07 Å². The maximum atomic E-state index is 9.58. The van der Waals surface area contributed by atoms with Crippen LogP contribution in [0.2, 0.25) is 5.02 Å². The third-order valence-electron chi connectivity index (χ3n) is 3.19. The average Bonchev–Trinajstić information content (AvgIpc) is 2.33. The zero-order chi connectivity index (χ0) is 11.5. The summed E-state index contributed by atoms with van der Waals surface area (Å²) in [4.78, 5) is 2.22. The molecule has 0 aromatic heterocycles. The molecular formula is C12H17ClN2O. The molecule has 0 atom stereocenters. The number of phenols is 1. The van der Waals surface area contributed by atoms with Gasteiger partial charge >= 0.3 is 0 Å². The Morgan fingerprint density at radius 3 is 2.69 bits per heavy atom. The summed E-state index contributed by atoms with van der Waals surface area (Å²) in [6.45, 7) is 2.13. The van der Waals surface area contributed by atoms with Crippen LogP contribution in [0.4, 0.5) is 5.69 Å². The van der Waals surface area contributed by atoms with E-state index in [4.69, 9.17) is 11.6 Å². The topological polar surface area (TPSA) is 35.5 Å². The van der Waals surface area contributed by atoms with Crippen LogP contribution in [0.25, 0.3) is 0 Å². The van der Waals surface area contributed by atoms with Gasteiger partial charge in [0, 0.05) is 24.8 Å². The molecule has 0 spiro atoms. The summed E-state index contributed by atoms with van der Waals surface area (Å²) in [7, 11) is 2.07. The van der Waals surface area contributed by atoms with Gasteiger partial charge in [-0.15, -0.1) is 0 Å². The van der Waals surface area contributed by atoms with Crippen LogP contribution < -0.4 is 10.2 Å². The van der Waals surface area contributed by atoms with Crippen molar-refractivity contribution in [2.75, 3.05) is 25.0 Å². The fourth-order valence-electron chi connectivity index (χ4n) is 2.13. The number of halogens is 1. The molecule has 0 aliphatic carbocycles. The minimum Gasteiger partial charge on any atom is -0.506 e. The molecule has 1 heterocycles. The van der Waals surface area contributed by atoms with Gasteiger partial charge in [0.25, 0.3) is 0 Å². The van der Waals surface area contributed by atoms with Gasteiger partial charge in [0.15, 0.2) is 0 Å². The SMILES string of the molecule is CN(c1ccc(Cl)c(O)c1)C1CCNCC1. The molecule has 2 rings (SSSR count). The van der Waals surface area contributed by atoms with Crippen molar-refractivity contribution in [3.05, 3.63) is 23.2 Å². The van der Waals surface area contributed by atoms with Crippen LogP contribution >= 0.6 is 11.6 Å². The number of nitrogens with zero attached hydrogens (tertiary/aromatic N) is 1. The van der Waals surface area contributed by atoms with E-state index in [9.17, 15) is 5.11 Å². The lowest BCUT2D eigenvalue weighted by Crippen LogP contribution is -2.41. The van der Waals surface area contributed by atoms with Gasteiger partial charge in [-0.25, -0.2) is 0 Å². The molecule has 1 aliphatic rings. The lowest BCUT2D eigenvalue weighted by atomic mass is 10.0. The summed E-state index contributed by atoms with van der Waals surface area (Å²) in [5.74, 6) is 0.153. The summed E-state index contributed by atoms with van der Waals surface area (Å²) >= 11 is 5.79. The Morgan fingerprint density at radius 2 is 2.06 bits per heavy atom. The highest BCUT2D eigenvalue weighted by atomic mass is 35.5. The van der Waals surface area contributed by atoms with E-state index < -0.39 is 0 Å². The number of rotatable bonds is 2. The van der Waals surface area contributed by atoms with E-state index >= 15 is 0 Å².